The van der Waals surface area contributed by atoms with Gasteiger partial charge in [0.05, 0.1) is 6.04 Å². The second-order valence-corrected chi connectivity index (χ2v) is 7.96. The zero-order valence-corrected chi connectivity index (χ0v) is 16.1. The minimum absolute atomic E-state index is 0.159. The van der Waals surface area contributed by atoms with Crippen LogP contribution in [-0.4, -0.2) is 56.5 Å². The number of ether oxygens (including phenoxy) is 1. The van der Waals surface area contributed by atoms with Crippen molar-refractivity contribution in [2.45, 2.75) is 43.6 Å². The van der Waals surface area contributed by atoms with E-state index >= 15 is 0 Å². The number of likely N-dealkylation sites (tertiary alicyclic amines) is 1. The maximum atomic E-state index is 13.7. The lowest BCUT2D eigenvalue weighted by atomic mass is 9.89. The number of amides is 2. The Morgan fingerprint density at radius 1 is 1.13 bits per heavy atom. The molecule has 0 radical (unpaired) electrons. The lowest BCUT2D eigenvalue weighted by Crippen LogP contribution is -2.51. The molecule has 3 saturated heterocycles. The molecule has 7 nitrogen and oxygen atoms in total. The molecule has 1 aromatic heterocycles. The van der Waals surface area contributed by atoms with Crippen LogP contribution in [0.5, 0.6) is 0 Å². The van der Waals surface area contributed by atoms with Gasteiger partial charge in [-0.1, -0.05) is 0 Å². The van der Waals surface area contributed by atoms with E-state index in [9.17, 15) is 18.4 Å². The highest BCUT2D eigenvalue weighted by Gasteiger charge is 2.58. The summed E-state index contributed by atoms with van der Waals surface area (Å²) in [6.45, 7) is 0.739. The van der Waals surface area contributed by atoms with E-state index in [0.29, 0.717) is 50.0 Å². The maximum absolute atomic E-state index is 13.7. The van der Waals surface area contributed by atoms with Gasteiger partial charge in [0.1, 0.15) is 29.9 Å². The smallest absolute Gasteiger partial charge is 0.272 e. The van der Waals surface area contributed by atoms with Crippen LogP contribution in [0.25, 0.3) is 0 Å². The number of rotatable bonds is 2. The third-order valence-electron chi connectivity index (χ3n) is 6.25. The Bertz CT molecular complexity index is 975. The quantitative estimate of drug-likeness (QED) is 0.755. The molecule has 5 rings (SSSR count). The Labute approximate surface area is 171 Å². The van der Waals surface area contributed by atoms with Crippen LogP contribution < -0.4 is 0 Å². The molecule has 156 valence electrons. The molecule has 4 heterocycles. The van der Waals surface area contributed by atoms with Crippen LogP contribution in [0, 0.1) is 11.6 Å². The van der Waals surface area contributed by atoms with Crippen molar-refractivity contribution in [2.24, 2.45) is 0 Å². The molecule has 3 aliphatic rings. The molecule has 0 N–H and O–H groups in total. The molecule has 0 aliphatic carbocycles. The summed E-state index contributed by atoms with van der Waals surface area (Å²) in [6.07, 6.45) is 4.39. The summed E-state index contributed by atoms with van der Waals surface area (Å²) in [7, 11) is 0. The highest BCUT2D eigenvalue weighted by Crippen LogP contribution is 2.47. The fourth-order valence-electron chi connectivity index (χ4n) is 4.79. The zero-order valence-electron chi connectivity index (χ0n) is 16.1. The van der Waals surface area contributed by atoms with Crippen molar-refractivity contribution in [3.05, 3.63) is 59.7 Å². The number of carbonyl (C=O) groups is 2. The summed E-state index contributed by atoms with van der Waals surface area (Å²) in [6, 6.07) is 4.52. The molecule has 1 aromatic carbocycles. The van der Waals surface area contributed by atoms with E-state index in [4.69, 9.17) is 4.74 Å². The average Bonchev–Trinajstić information content (AvgIpc) is 3.26. The molecule has 1 spiro atoms. The molecule has 30 heavy (non-hydrogen) atoms. The molecule has 3 fully saturated rings. The number of carbonyl (C=O) groups excluding carboxylic acids is 2. The Morgan fingerprint density at radius 3 is 2.53 bits per heavy atom. The number of hydrogen-bond acceptors (Lipinski definition) is 5. The van der Waals surface area contributed by atoms with Crippen molar-refractivity contribution < 1.29 is 23.1 Å². The van der Waals surface area contributed by atoms with Crippen molar-refractivity contribution in [3.8, 4) is 0 Å². The predicted octanol–water partition coefficient (Wildman–Crippen LogP) is 2.45. The molecule has 2 aromatic rings. The van der Waals surface area contributed by atoms with E-state index in [0.717, 1.165) is 6.07 Å². The molecule has 0 bridgehead atoms. The number of halogens is 2. The minimum atomic E-state index is -0.988. The van der Waals surface area contributed by atoms with Crippen molar-refractivity contribution in [2.75, 3.05) is 13.1 Å². The Balaban J connectivity index is 1.32. The Morgan fingerprint density at radius 2 is 1.87 bits per heavy atom. The number of piperidine rings is 1. The fraction of sp³-hybridized carbons (Fsp3) is 0.429. The summed E-state index contributed by atoms with van der Waals surface area (Å²) >= 11 is 0. The van der Waals surface area contributed by atoms with Crippen LogP contribution in [0.2, 0.25) is 0 Å². The van der Waals surface area contributed by atoms with Crippen molar-refractivity contribution >= 4 is 11.8 Å². The van der Waals surface area contributed by atoms with Gasteiger partial charge in [-0.3, -0.25) is 9.59 Å². The molecular weight excluding hydrogens is 394 g/mol. The molecule has 0 saturated carbocycles. The SMILES string of the molecule is O=C(c1ccncn1)N1CCC2(CC1)OC1CC[C@@H](c3cc(F)cc(F)c3)N1C2=O. The highest BCUT2D eigenvalue weighted by atomic mass is 19.1. The van der Waals surface area contributed by atoms with E-state index in [2.05, 4.69) is 9.97 Å². The van der Waals surface area contributed by atoms with Gasteiger partial charge in [-0.25, -0.2) is 18.7 Å². The second kappa shape index (κ2) is 7.09. The average molecular weight is 414 g/mol. The van der Waals surface area contributed by atoms with Gasteiger partial charge in [0.15, 0.2) is 5.60 Å². The molecule has 2 amide bonds. The van der Waals surface area contributed by atoms with E-state index < -0.39 is 29.5 Å². The van der Waals surface area contributed by atoms with Crippen LogP contribution in [0.15, 0.2) is 36.8 Å². The van der Waals surface area contributed by atoms with Gasteiger partial charge in [-0.05, 0) is 36.6 Å². The van der Waals surface area contributed by atoms with Gasteiger partial charge in [0, 0.05) is 38.2 Å². The van der Waals surface area contributed by atoms with E-state index in [-0.39, 0.29) is 11.8 Å². The van der Waals surface area contributed by atoms with E-state index in [1.165, 1.54) is 24.7 Å². The van der Waals surface area contributed by atoms with Crippen LogP contribution in [0.4, 0.5) is 8.78 Å². The van der Waals surface area contributed by atoms with Gasteiger partial charge >= 0.3 is 0 Å². The van der Waals surface area contributed by atoms with Crippen LogP contribution >= 0.6 is 0 Å². The number of nitrogens with zero attached hydrogens (tertiary/aromatic N) is 4. The third-order valence-corrected chi connectivity index (χ3v) is 6.25. The van der Waals surface area contributed by atoms with E-state index in [1.807, 2.05) is 0 Å². The van der Waals surface area contributed by atoms with Crippen molar-refractivity contribution in [1.82, 2.24) is 19.8 Å². The van der Waals surface area contributed by atoms with Gasteiger partial charge < -0.3 is 14.5 Å². The van der Waals surface area contributed by atoms with Gasteiger partial charge in [-0.2, -0.15) is 0 Å². The lowest BCUT2D eigenvalue weighted by molar-refractivity contribution is -0.142. The first-order chi connectivity index (χ1) is 14.5. The summed E-state index contributed by atoms with van der Waals surface area (Å²) in [5, 5.41) is 0. The van der Waals surface area contributed by atoms with Crippen molar-refractivity contribution in [3.63, 3.8) is 0 Å². The fourth-order valence-corrected chi connectivity index (χ4v) is 4.79. The monoisotopic (exact) mass is 414 g/mol. The Kier molecular flexibility index (Phi) is 4.50. The molecule has 9 heteroatoms. The summed E-state index contributed by atoms with van der Waals surface area (Å²) in [4.78, 5) is 37.1. The van der Waals surface area contributed by atoms with Crippen molar-refractivity contribution in [1.29, 1.82) is 0 Å². The first kappa shape index (κ1) is 19.0. The summed E-state index contributed by atoms with van der Waals surface area (Å²) in [5.74, 6) is -1.68. The normalized spacial score (nSPS) is 25.1. The first-order valence-electron chi connectivity index (χ1n) is 9.99. The first-order valence-corrected chi connectivity index (χ1v) is 9.99. The van der Waals surface area contributed by atoms with Crippen LogP contribution in [-0.2, 0) is 9.53 Å². The summed E-state index contributed by atoms with van der Waals surface area (Å²) in [5.41, 5.74) is -0.230. The number of fused-ring (bicyclic) bond motifs is 1. The number of aromatic nitrogens is 2. The number of hydrogen-bond donors (Lipinski definition) is 0. The Hall–Kier alpha value is -2.94. The van der Waals surface area contributed by atoms with Gasteiger partial charge in [-0.15, -0.1) is 0 Å². The van der Waals surface area contributed by atoms with Gasteiger partial charge in [0.2, 0.25) is 0 Å². The maximum Gasteiger partial charge on any atom is 0.272 e. The summed E-state index contributed by atoms with van der Waals surface area (Å²) < 4.78 is 33.6. The molecule has 3 aliphatic heterocycles. The largest absolute Gasteiger partial charge is 0.342 e. The molecule has 1 unspecified atom stereocenters. The zero-order chi connectivity index (χ0) is 20.9. The topological polar surface area (TPSA) is 75.6 Å². The highest BCUT2D eigenvalue weighted by molar-refractivity contribution is 5.93. The lowest BCUT2D eigenvalue weighted by Gasteiger charge is -2.37. The predicted molar refractivity (Wildman–Crippen MR) is 100.0 cm³/mol. The van der Waals surface area contributed by atoms with Gasteiger partial charge in [0.25, 0.3) is 11.8 Å². The van der Waals surface area contributed by atoms with Crippen LogP contribution in [0.1, 0.15) is 47.8 Å². The molecular formula is C21H20F2N4O3. The molecule has 2 atom stereocenters. The minimum Gasteiger partial charge on any atom is -0.342 e. The number of benzene rings is 1. The van der Waals surface area contributed by atoms with Crippen LogP contribution in [0.3, 0.4) is 0 Å². The standard InChI is InChI=1S/C21H20F2N4O3/c22-14-9-13(10-15(23)11-14)17-1-2-18-27(17)20(29)21(30-18)4-7-26(8-5-21)19(28)16-3-6-24-12-25-16/h3,6,9-12,17-18H,1-2,4-5,7-8H2/t17-,18?/m0/s1. The third kappa shape index (κ3) is 3.04. The van der Waals surface area contributed by atoms with E-state index in [1.54, 1.807) is 15.9 Å². The second-order valence-electron chi connectivity index (χ2n) is 7.96.